The molecule has 1 aliphatic rings. The third-order valence-corrected chi connectivity index (χ3v) is 5.12. The van der Waals surface area contributed by atoms with Crippen molar-refractivity contribution >= 4 is 28.9 Å². The van der Waals surface area contributed by atoms with E-state index in [-0.39, 0.29) is 24.2 Å². The van der Waals surface area contributed by atoms with Crippen molar-refractivity contribution in [3.8, 4) is 0 Å². The molecule has 0 spiro atoms. The average Bonchev–Trinajstić information content (AvgIpc) is 2.68. The number of halogens is 1. The van der Waals surface area contributed by atoms with Gasteiger partial charge in [-0.05, 0) is 67.3 Å². The highest BCUT2D eigenvalue weighted by Crippen LogP contribution is 2.24. The van der Waals surface area contributed by atoms with Crippen molar-refractivity contribution in [3.05, 3.63) is 54.3 Å². The van der Waals surface area contributed by atoms with E-state index in [1.165, 1.54) is 48.9 Å². The lowest BCUT2D eigenvalue weighted by atomic mass is 9.99. The lowest BCUT2D eigenvalue weighted by Gasteiger charge is -2.32. The van der Waals surface area contributed by atoms with Crippen molar-refractivity contribution in [2.75, 3.05) is 34.8 Å². The second-order valence-electron chi connectivity index (χ2n) is 7.35. The van der Waals surface area contributed by atoms with Crippen LogP contribution in [0.25, 0.3) is 0 Å². The maximum atomic E-state index is 13.1. The van der Waals surface area contributed by atoms with Gasteiger partial charge in [0, 0.05) is 37.1 Å². The zero-order chi connectivity index (χ0) is 20.1. The second kappa shape index (κ2) is 8.87. The molecule has 5 nitrogen and oxygen atoms in total. The molecule has 148 valence electrons. The van der Waals surface area contributed by atoms with Gasteiger partial charge in [-0.3, -0.25) is 9.59 Å². The van der Waals surface area contributed by atoms with E-state index >= 15 is 0 Å². The molecule has 0 unspecified atom stereocenters. The van der Waals surface area contributed by atoms with Crippen LogP contribution in [-0.2, 0) is 9.59 Å². The third-order valence-electron chi connectivity index (χ3n) is 5.12. The van der Waals surface area contributed by atoms with Crippen LogP contribution in [0.5, 0.6) is 0 Å². The number of benzene rings is 2. The minimum atomic E-state index is -0.389. The van der Waals surface area contributed by atoms with E-state index in [4.69, 9.17) is 0 Å². The number of nitrogens with zero attached hydrogens (tertiary/aromatic N) is 2. The summed E-state index contributed by atoms with van der Waals surface area (Å²) in [5.41, 5.74) is 2.32. The number of anilines is 3. The van der Waals surface area contributed by atoms with Gasteiger partial charge in [0.2, 0.25) is 11.8 Å². The minimum absolute atomic E-state index is 0.132. The summed E-state index contributed by atoms with van der Waals surface area (Å²) in [6, 6.07) is 13.3. The molecule has 6 heteroatoms. The summed E-state index contributed by atoms with van der Waals surface area (Å²) in [5, 5.41) is 2.82. The number of rotatable bonds is 5. The van der Waals surface area contributed by atoms with Crippen LogP contribution in [0.3, 0.4) is 0 Å². The summed E-state index contributed by atoms with van der Waals surface area (Å²) >= 11 is 0. The fourth-order valence-corrected chi connectivity index (χ4v) is 3.37. The van der Waals surface area contributed by atoms with E-state index in [0.717, 1.165) is 24.7 Å². The highest BCUT2D eigenvalue weighted by molar-refractivity contribution is 6.01. The molecule has 0 saturated carbocycles. The molecule has 2 aromatic carbocycles. The van der Waals surface area contributed by atoms with Crippen molar-refractivity contribution in [1.82, 2.24) is 0 Å². The average molecular weight is 383 g/mol. The number of hydrogen-bond donors (Lipinski definition) is 1. The predicted octanol–water partition coefficient (Wildman–Crippen LogP) is 4.05. The van der Waals surface area contributed by atoms with Crippen LogP contribution in [-0.4, -0.2) is 31.4 Å². The van der Waals surface area contributed by atoms with Gasteiger partial charge >= 0.3 is 0 Å². The Bertz CT molecular complexity index is 813. The summed E-state index contributed by atoms with van der Waals surface area (Å²) in [6.45, 7) is 5.64. The van der Waals surface area contributed by atoms with Crippen LogP contribution in [0.2, 0.25) is 0 Å². The Morgan fingerprint density at radius 2 is 1.68 bits per heavy atom. The number of nitrogens with one attached hydrogen (secondary N) is 1. The first kappa shape index (κ1) is 19.9. The third kappa shape index (κ3) is 5.09. The zero-order valence-corrected chi connectivity index (χ0v) is 16.3. The van der Waals surface area contributed by atoms with Crippen LogP contribution in [0.1, 0.15) is 26.7 Å². The van der Waals surface area contributed by atoms with Gasteiger partial charge in [-0.15, -0.1) is 0 Å². The molecule has 1 N–H and O–H groups in total. The first-order chi connectivity index (χ1) is 13.4. The standard InChI is InChI=1S/C22H26FN3O2/c1-16-11-13-25(14-12-16)20-9-5-19(6-10-20)24-22(28)15-26(17(2)27)21-7-3-18(23)4-8-21/h3-10,16H,11-15H2,1-2H3,(H,24,28). The van der Waals surface area contributed by atoms with Crippen molar-refractivity contribution in [3.63, 3.8) is 0 Å². The van der Waals surface area contributed by atoms with Gasteiger partial charge in [-0.25, -0.2) is 4.39 Å². The fourth-order valence-electron chi connectivity index (χ4n) is 3.37. The van der Waals surface area contributed by atoms with Crippen LogP contribution in [0.4, 0.5) is 21.5 Å². The number of carbonyl (C=O) groups excluding carboxylic acids is 2. The molecule has 1 saturated heterocycles. The molecule has 0 atom stereocenters. The van der Waals surface area contributed by atoms with Crippen molar-refractivity contribution in [2.24, 2.45) is 5.92 Å². The monoisotopic (exact) mass is 383 g/mol. The molecule has 0 bridgehead atoms. The summed E-state index contributed by atoms with van der Waals surface area (Å²) in [6.07, 6.45) is 2.39. The molecular formula is C22H26FN3O2. The van der Waals surface area contributed by atoms with E-state index < -0.39 is 0 Å². The minimum Gasteiger partial charge on any atom is -0.372 e. The van der Waals surface area contributed by atoms with Crippen LogP contribution in [0.15, 0.2) is 48.5 Å². The van der Waals surface area contributed by atoms with Gasteiger partial charge in [0.05, 0.1) is 0 Å². The van der Waals surface area contributed by atoms with E-state index in [1.54, 1.807) is 0 Å². The molecule has 2 aromatic rings. The first-order valence-electron chi connectivity index (χ1n) is 9.61. The topological polar surface area (TPSA) is 52.7 Å². The molecule has 1 heterocycles. The van der Waals surface area contributed by atoms with E-state index in [1.807, 2.05) is 24.3 Å². The lowest BCUT2D eigenvalue weighted by molar-refractivity contribution is -0.120. The summed E-state index contributed by atoms with van der Waals surface area (Å²) in [5.74, 6) is -0.199. The summed E-state index contributed by atoms with van der Waals surface area (Å²) in [7, 11) is 0. The van der Waals surface area contributed by atoms with Gasteiger partial charge in [-0.1, -0.05) is 6.92 Å². The number of amides is 2. The van der Waals surface area contributed by atoms with Crippen LogP contribution in [0, 0.1) is 11.7 Å². The Balaban J connectivity index is 1.60. The Morgan fingerprint density at radius 1 is 1.07 bits per heavy atom. The van der Waals surface area contributed by atoms with Gasteiger partial charge in [0.15, 0.2) is 0 Å². The maximum absolute atomic E-state index is 13.1. The van der Waals surface area contributed by atoms with Crippen molar-refractivity contribution in [1.29, 1.82) is 0 Å². The highest BCUT2D eigenvalue weighted by atomic mass is 19.1. The van der Waals surface area contributed by atoms with Crippen LogP contribution < -0.4 is 15.1 Å². The van der Waals surface area contributed by atoms with Gasteiger partial charge in [0.25, 0.3) is 0 Å². The first-order valence-corrected chi connectivity index (χ1v) is 9.61. The summed E-state index contributed by atoms with van der Waals surface area (Å²) in [4.78, 5) is 28.0. The Hall–Kier alpha value is -2.89. The normalized spacial score (nSPS) is 14.6. The molecule has 0 radical (unpaired) electrons. The summed E-state index contributed by atoms with van der Waals surface area (Å²) < 4.78 is 13.1. The second-order valence-corrected chi connectivity index (χ2v) is 7.35. The fraction of sp³-hybridized carbons (Fsp3) is 0.364. The molecule has 0 aromatic heterocycles. The van der Waals surface area contributed by atoms with E-state index in [2.05, 4.69) is 17.1 Å². The molecular weight excluding hydrogens is 357 g/mol. The van der Waals surface area contributed by atoms with E-state index in [9.17, 15) is 14.0 Å². The quantitative estimate of drug-likeness (QED) is 0.847. The Morgan fingerprint density at radius 3 is 2.25 bits per heavy atom. The largest absolute Gasteiger partial charge is 0.372 e. The number of hydrogen-bond acceptors (Lipinski definition) is 3. The number of carbonyl (C=O) groups is 2. The molecule has 3 rings (SSSR count). The number of piperidine rings is 1. The molecule has 0 aliphatic carbocycles. The lowest BCUT2D eigenvalue weighted by Crippen LogP contribution is -2.36. The zero-order valence-electron chi connectivity index (χ0n) is 16.3. The van der Waals surface area contributed by atoms with Crippen molar-refractivity contribution < 1.29 is 14.0 Å². The molecule has 1 fully saturated rings. The maximum Gasteiger partial charge on any atom is 0.244 e. The van der Waals surface area contributed by atoms with Crippen LogP contribution >= 0.6 is 0 Å². The molecule has 28 heavy (non-hydrogen) atoms. The highest BCUT2D eigenvalue weighted by Gasteiger charge is 2.17. The van der Waals surface area contributed by atoms with Crippen molar-refractivity contribution in [2.45, 2.75) is 26.7 Å². The Labute approximate surface area is 165 Å². The molecule has 1 aliphatic heterocycles. The predicted molar refractivity (Wildman–Crippen MR) is 110 cm³/mol. The smallest absolute Gasteiger partial charge is 0.244 e. The van der Waals surface area contributed by atoms with Gasteiger partial charge < -0.3 is 15.1 Å². The molecule has 2 amide bonds. The van der Waals surface area contributed by atoms with E-state index in [0.29, 0.717) is 11.4 Å². The van der Waals surface area contributed by atoms with Gasteiger partial charge in [0.1, 0.15) is 12.4 Å². The van der Waals surface area contributed by atoms with Gasteiger partial charge in [-0.2, -0.15) is 0 Å². The Kier molecular flexibility index (Phi) is 6.29. The SMILES string of the molecule is CC(=O)N(CC(=O)Nc1ccc(N2CCC(C)CC2)cc1)c1ccc(F)cc1.